The number of hydrogen-bond donors (Lipinski definition) is 1. The Bertz CT molecular complexity index is 416. The summed E-state index contributed by atoms with van der Waals surface area (Å²) in [5.41, 5.74) is 1.27. The SMILES string of the molecule is CCC1CCC(NC(c2ccc(F)cc2)C2CC2)CC1. The molecule has 2 aliphatic carbocycles. The molecule has 110 valence electrons. The zero-order chi connectivity index (χ0) is 13.9. The van der Waals surface area contributed by atoms with E-state index in [1.807, 2.05) is 12.1 Å². The van der Waals surface area contributed by atoms with Gasteiger partial charge in [0, 0.05) is 12.1 Å². The molecule has 1 aromatic carbocycles. The fraction of sp³-hybridized carbons (Fsp3) is 0.667. The zero-order valence-electron chi connectivity index (χ0n) is 12.4. The molecule has 0 amide bonds. The van der Waals surface area contributed by atoms with Crippen LogP contribution in [0.2, 0.25) is 0 Å². The molecule has 2 aliphatic rings. The molecular weight excluding hydrogens is 249 g/mol. The Morgan fingerprint density at radius 1 is 1.05 bits per heavy atom. The molecule has 1 nitrogen and oxygen atoms in total. The third-order valence-corrected chi connectivity index (χ3v) is 5.16. The molecule has 0 radical (unpaired) electrons. The van der Waals surface area contributed by atoms with E-state index >= 15 is 0 Å². The summed E-state index contributed by atoms with van der Waals surface area (Å²) < 4.78 is 13.1. The summed E-state index contributed by atoms with van der Waals surface area (Å²) in [5.74, 6) is 1.58. The van der Waals surface area contributed by atoms with Crippen LogP contribution in [0.3, 0.4) is 0 Å². The van der Waals surface area contributed by atoms with Gasteiger partial charge in [0.05, 0.1) is 0 Å². The molecule has 0 bridgehead atoms. The molecule has 2 fully saturated rings. The molecule has 0 heterocycles. The molecule has 1 atom stereocenters. The number of rotatable bonds is 5. The Balaban J connectivity index is 1.62. The van der Waals surface area contributed by atoms with E-state index in [1.165, 1.54) is 50.5 Å². The van der Waals surface area contributed by atoms with Crippen molar-refractivity contribution < 1.29 is 4.39 Å². The fourth-order valence-corrected chi connectivity index (χ4v) is 3.60. The van der Waals surface area contributed by atoms with Crippen molar-refractivity contribution in [3.63, 3.8) is 0 Å². The van der Waals surface area contributed by atoms with Crippen LogP contribution in [0.5, 0.6) is 0 Å². The van der Waals surface area contributed by atoms with Crippen molar-refractivity contribution in [2.45, 2.75) is 64.0 Å². The minimum atomic E-state index is -0.133. The monoisotopic (exact) mass is 275 g/mol. The third kappa shape index (κ3) is 3.41. The highest BCUT2D eigenvalue weighted by atomic mass is 19.1. The third-order valence-electron chi connectivity index (χ3n) is 5.16. The summed E-state index contributed by atoms with van der Waals surface area (Å²) in [6.45, 7) is 2.31. The Kier molecular flexibility index (Phi) is 4.40. The molecular formula is C18H26FN. The van der Waals surface area contributed by atoms with Gasteiger partial charge >= 0.3 is 0 Å². The molecule has 2 saturated carbocycles. The van der Waals surface area contributed by atoms with Gasteiger partial charge in [0.1, 0.15) is 5.82 Å². The first kappa shape index (κ1) is 14.1. The maximum absolute atomic E-state index is 13.1. The zero-order valence-corrected chi connectivity index (χ0v) is 12.4. The molecule has 1 unspecified atom stereocenters. The lowest BCUT2D eigenvalue weighted by Gasteiger charge is -2.32. The summed E-state index contributed by atoms with van der Waals surface area (Å²) in [4.78, 5) is 0. The van der Waals surface area contributed by atoms with Gasteiger partial charge in [0.15, 0.2) is 0 Å². The lowest BCUT2D eigenvalue weighted by atomic mass is 9.84. The van der Waals surface area contributed by atoms with Gasteiger partial charge in [-0.05, 0) is 68.1 Å². The van der Waals surface area contributed by atoms with Gasteiger partial charge < -0.3 is 5.32 Å². The van der Waals surface area contributed by atoms with E-state index in [4.69, 9.17) is 0 Å². The van der Waals surface area contributed by atoms with Crippen molar-refractivity contribution in [3.8, 4) is 0 Å². The lowest BCUT2D eigenvalue weighted by Crippen LogP contribution is -2.36. The summed E-state index contributed by atoms with van der Waals surface area (Å²) in [6.07, 6.45) is 9.32. The van der Waals surface area contributed by atoms with Crippen LogP contribution in [0.4, 0.5) is 4.39 Å². The van der Waals surface area contributed by atoms with E-state index in [0.717, 1.165) is 11.8 Å². The van der Waals surface area contributed by atoms with Crippen molar-refractivity contribution in [2.24, 2.45) is 11.8 Å². The van der Waals surface area contributed by atoms with Crippen LogP contribution in [-0.4, -0.2) is 6.04 Å². The van der Waals surface area contributed by atoms with Crippen molar-refractivity contribution in [1.29, 1.82) is 0 Å². The molecule has 1 aromatic rings. The molecule has 0 aliphatic heterocycles. The van der Waals surface area contributed by atoms with Gasteiger partial charge in [0.2, 0.25) is 0 Å². The van der Waals surface area contributed by atoms with Gasteiger partial charge in [-0.1, -0.05) is 25.5 Å². The van der Waals surface area contributed by atoms with Gasteiger partial charge in [0.25, 0.3) is 0 Å². The second-order valence-electron chi connectivity index (χ2n) is 6.66. The van der Waals surface area contributed by atoms with Crippen LogP contribution in [0.1, 0.15) is 63.5 Å². The van der Waals surface area contributed by atoms with Crippen molar-refractivity contribution in [2.75, 3.05) is 0 Å². The van der Waals surface area contributed by atoms with Crippen molar-refractivity contribution in [1.82, 2.24) is 5.32 Å². The first-order chi connectivity index (χ1) is 9.76. The molecule has 20 heavy (non-hydrogen) atoms. The topological polar surface area (TPSA) is 12.0 Å². The summed E-state index contributed by atoms with van der Waals surface area (Å²) in [7, 11) is 0. The minimum Gasteiger partial charge on any atom is -0.307 e. The summed E-state index contributed by atoms with van der Waals surface area (Å²) >= 11 is 0. The quantitative estimate of drug-likeness (QED) is 0.811. The highest BCUT2D eigenvalue weighted by molar-refractivity contribution is 5.22. The maximum atomic E-state index is 13.1. The highest BCUT2D eigenvalue weighted by Crippen LogP contribution is 2.42. The normalized spacial score (nSPS) is 28.3. The number of hydrogen-bond acceptors (Lipinski definition) is 1. The van der Waals surface area contributed by atoms with Gasteiger partial charge in [-0.15, -0.1) is 0 Å². The predicted molar refractivity (Wildman–Crippen MR) is 81.0 cm³/mol. The average molecular weight is 275 g/mol. The first-order valence-corrected chi connectivity index (χ1v) is 8.27. The fourth-order valence-electron chi connectivity index (χ4n) is 3.60. The van der Waals surface area contributed by atoms with Crippen LogP contribution < -0.4 is 5.32 Å². The Hall–Kier alpha value is -0.890. The van der Waals surface area contributed by atoms with Crippen LogP contribution >= 0.6 is 0 Å². The van der Waals surface area contributed by atoms with E-state index in [9.17, 15) is 4.39 Å². The summed E-state index contributed by atoms with van der Waals surface area (Å²) in [5, 5.41) is 3.88. The second kappa shape index (κ2) is 6.26. The predicted octanol–water partition coefficient (Wildman–Crippen LogP) is 4.84. The Labute approximate surface area is 122 Å². The van der Waals surface area contributed by atoms with Crippen LogP contribution in [0.25, 0.3) is 0 Å². The van der Waals surface area contributed by atoms with Crippen LogP contribution in [0, 0.1) is 17.7 Å². The number of benzene rings is 1. The van der Waals surface area contributed by atoms with Gasteiger partial charge in [-0.3, -0.25) is 0 Å². The highest BCUT2D eigenvalue weighted by Gasteiger charge is 2.34. The van der Waals surface area contributed by atoms with Crippen LogP contribution in [-0.2, 0) is 0 Å². The van der Waals surface area contributed by atoms with E-state index in [-0.39, 0.29) is 5.82 Å². The smallest absolute Gasteiger partial charge is 0.123 e. The average Bonchev–Trinajstić information content (AvgIpc) is 3.31. The largest absolute Gasteiger partial charge is 0.307 e. The van der Waals surface area contributed by atoms with Crippen molar-refractivity contribution >= 4 is 0 Å². The maximum Gasteiger partial charge on any atom is 0.123 e. The van der Waals surface area contributed by atoms with E-state index < -0.39 is 0 Å². The minimum absolute atomic E-state index is 0.133. The van der Waals surface area contributed by atoms with Gasteiger partial charge in [-0.2, -0.15) is 0 Å². The molecule has 3 rings (SSSR count). The molecule has 1 N–H and O–H groups in total. The second-order valence-corrected chi connectivity index (χ2v) is 6.66. The van der Waals surface area contributed by atoms with E-state index in [2.05, 4.69) is 12.2 Å². The summed E-state index contributed by atoms with van der Waals surface area (Å²) in [6, 6.07) is 8.22. The molecule has 0 spiro atoms. The van der Waals surface area contributed by atoms with E-state index in [1.54, 1.807) is 12.1 Å². The Morgan fingerprint density at radius 2 is 1.70 bits per heavy atom. The van der Waals surface area contributed by atoms with E-state index in [0.29, 0.717) is 12.1 Å². The number of nitrogens with one attached hydrogen (secondary N) is 1. The van der Waals surface area contributed by atoms with Gasteiger partial charge in [-0.25, -0.2) is 4.39 Å². The Morgan fingerprint density at radius 3 is 2.25 bits per heavy atom. The number of halogens is 1. The van der Waals surface area contributed by atoms with Crippen LogP contribution in [0.15, 0.2) is 24.3 Å². The molecule has 0 saturated heterocycles. The standard InChI is InChI=1S/C18H26FN/c1-2-13-3-11-17(12-4-13)20-18(14-5-6-14)15-7-9-16(19)10-8-15/h7-10,13-14,17-18,20H,2-6,11-12H2,1H3. The molecule has 2 heteroatoms. The lowest BCUT2D eigenvalue weighted by molar-refractivity contribution is 0.262. The van der Waals surface area contributed by atoms with Crippen molar-refractivity contribution in [3.05, 3.63) is 35.6 Å². The first-order valence-electron chi connectivity index (χ1n) is 8.27. The molecule has 0 aromatic heterocycles.